The van der Waals surface area contributed by atoms with E-state index in [0.29, 0.717) is 11.9 Å². The number of hydrogen-bond donors (Lipinski definition) is 1. The summed E-state index contributed by atoms with van der Waals surface area (Å²) >= 11 is 0. The monoisotopic (exact) mass is 301 g/mol. The maximum atomic E-state index is 12.4. The number of halogens is 3. The van der Waals surface area contributed by atoms with Gasteiger partial charge in [0.2, 0.25) is 0 Å². The summed E-state index contributed by atoms with van der Waals surface area (Å²) in [5.41, 5.74) is -0.713. The number of nitrogens with one attached hydrogen (secondary N) is 1. The van der Waals surface area contributed by atoms with E-state index in [2.05, 4.69) is 22.1 Å². The lowest BCUT2D eigenvalue weighted by atomic mass is 10.0. The van der Waals surface area contributed by atoms with Gasteiger partial charge in [0, 0.05) is 25.3 Å². The van der Waals surface area contributed by atoms with Gasteiger partial charge in [0.25, 0.3) is 0 Å². The van der Waals surface area contributed by atoms with E-state index in [1.54, 1.807) is 0 Å². The Balaban J connectivity index is 1.71. The molecule has 0 amide bonds. The second-order valence-corrected chi connectivity index (χ2v) is 5.59. The van der Waals surface area contributed by atoms with Crippen LogP contribution in [0, 0.1) is 0 Å². The molecule has 1 aromatic rings. The molecule has 1 unspecified atom stereocenters. The van der Waals surface area contributed by atoms with Crippen LogP contribution in [0.15, 0.2) is 18.3 Å². The first-order valence-electron chi connectivity index (χ1n) is 7.48. The smallest absolute Gasteiger partial charge is 0.370 e. The molecule has 1 fully saturated rings. The van der Waals surface area contributed by atoms with Crippen molar-refractivity contribution in [2.75, 3.05) is 25.0 Å². The molecule has 1 aliphatic rings. The molecule has 21 heavy (non-hydrogen) atoms. The van der Waals surface area contributed by atoms with Gasteiger partial charge in [-0.25, -0.2) is 4.98 Å². The Morgan fingerprint density at radius 2 is 2.14 bits per heavy atom. The number of alkyl halides is 3. The predicted molar refractivity (Wildman–Crippen MR) is 77.2 cm³/mol. The first-order valence-corrected chi connectivity index (χ1v) is 7.48. The third-order valence-corrected chi connectivity index (χ3v) is 3.96. The van der Waals surface area contributed by atoms with Crippen LogP contribution in [0.25, 0.3) is 0 Å². The fraction of sp³-hybridized carbons (Fsp3) is 0.667. The van der Waals surface area contributed by atoms with E-state index < -0.39 is 11.7 Å². The highest BCUT2D eigenvalue weighted by molar-refractivity contribution is 5.35. The molecule has 0 aromatic carbocycles. The first kappa shape index (κ1) is 16.1. The highest BCUT2D eigenvalue weighted by Gasteiger charge is 2.30. The van der Waals surface area contributed by atoms with Crippen molar-refractivity contribution in [3.05, 3.63) is 23.9 Å². The lowest BCUT2D eigenvalue weighted by Crippen LogP contribution is -2.38. The SMILES string of the molecule is CC1CCCCN1CCCNc1ccc(C(F)(F)F)cn1. The van der Waals surface area contributed by atoms with Crippen LogP contribution < -0.4 is 5.32 Å². The standard InChI is InChI=1S/C15H22F3N3/c1-12-5-2-3-9-21(12)10-4-8-19-14-7-6-13(11-20-14)15(16,17)18/h6-7,11-12H,2-5,8-10H2,1H3,(H,19,20). The molecule has 0 saturated carbocycles. The van der Waals surface area contributed by atoms with Crippen LogP contribution in [0.4, 0.5) is 19.0 Å². The van der Waals surface area contributed by atoms with E-state index in [9.17, 15) is 13.2 Å². The van der Waals surface area contributed by atoms with Gasteiger partial charge in [0.1, 0.15) is 5.82 Å². The van der Waals surface area contributed by atoms with Crippen molar-refractivity contribution in [1.29, 1.82) is 0 Å². The van der Waals surface area contributed by atoms with Gasteiger partial charge >= 0.3 is 6.18 Å². The van der Waals surface area contributed by atoms with Gasteiger partial charge in [0.15, 0.2) is 0 Å². The van der Waals surface area contributed by atoms with Crippen LogP contribution in [-0.2, 0) is 6.18 Å². The highest BCUT2D eigenvalue weighted by Crippen LogP contribution is 2.28. The van der Waals surface area contributed by atoms with Crippen molar-refractivity contribution in [2.45, 2.75) is 44.8 Å². The molecule has 118 valence electrons. The largest absolute Gasteiger partial charge is 0.417 e. The molecular formula is C15H22F3N3. The Kier molecular flexibility index (Phi) is 5.45. The molecule has 1 saturated heterocycles. The molecule has 0 radical (unpaired) electrons. The summed E-state index contributed by atoms with van der Waals surface area (Å²) in [7, 11) is 0. The summed E-state index contributed by atoms with van der Waals surface area (Å²) in [4.78, 5) is 6.28. The van der Waals surface area contributed by atoms with E-state index in [-0.39, 0.29) is 0 Å². The number of aromatic nitrogens is 1. The van der Waals surface area contributed by atoms with Gasteiger partial charge < -0.3 is 10.2 Å². The minimum absolute atomic E-state index is 0.495. The van der Waals surface area contributed by atoms with Gasteiger partial charge in [-0.15, -0.1) is 0 Å². The Morgan fingerprint density at radius 1 is 1.33 bits per heavy atom. The van der Waals surface area contributed by atoms with Crippen LogP contribution in [0.3, 0.4) is 0 Å². The highest BCUT2D eigenvalue weighted by atomic mass is 19.4. The van der Waals surface area contributed by atoms with Crippen molar-refractivity contribution < 1.29 is 13.2 Å². The second kappa shape index (κ2) is 7.11. The third kappa shape index (κ3) is 4.88. The Labute approximate surface area is 123 Å². The van der Waals surface area contributed by atoms with Crippen LogP contribution in [0.2, 0.25) is 0 Å². The van der Waals surface area contributed by atoms with Crippen molar-refractivity contribution in [1.82, 2.24) is 9.88 Å². The van der Waals surface area contributed by atoms with Crippen molar-refractivity contribution in [2.24, 2.45) is 0 Å². The summed E-state index contributed by atoms with van der Waals surface area (Å²) in [5, 5.41) is 3.07. The van der Waals surface area contributed by atoms with E-state index >= 15 is 0 Å². The quantitative estimate of drug-likeness (QED) is 0.839. The van der Waals surface area contributed by atoms with E-state index in [4.69, 9.17) is 0 Å². The molecule has 0 aliphatic carbocycles. The maximum absolute atomic E-state index is 12.4. The van der Waals surface area contributed by atoms with E-state index in [1.807, 2.05) is 0 Å². The minimum atomic E-state index is -4.32. The number of piperidine rings is 1. The summed E-state index contributed by atoms with van der Waals surface area (Å²) in [6.07, 6.45) is 1.34. The zero-order chi connectivity index (χ0) is 15.3. The van der Waals surface area contributed by atoms with Crippen LogP contribution in [-0.4, -0.2) is 35.6 Å². The van der Waals surface area contributed by atoms with Gasteiger partial charge in [-0.3, -0.25) is 0 Å². The Bertz CT molecular complexity index is 431. The summed E-state index contributed by atoms with van der Waals surface area (Å²) < 4.78 is 37.2. The number of nitrogens with zero attached hydrogens (tertiary/aromatic N) is 2. The number of hydrogen-bond acceptors (Lipinski definition) is 3. The molecule has 1 N–H and O–H groups in total. The second-order valence-electron chi connectivity index (χ2n) is 5.59. The topological polar surface area (TPSA) is 28.2 Å². The Hall–Kier alpha value is -1.30. The summed E-state index contributed by atoms with van der Waals surface area (Å²) in [6.45, 7) is 5.15. The van der Waals surface area contributed by atoms with Gasteiger partial charge in [-0.1, -0.05) is 6.42 Å². The Morgan fingerprint density at radius 3 is 2.76 bits per heavy atom. The van der Waals surface area contributed by atoms with Crippen molar-refractivity contribution >= 4 is 5.82 Å². The lowest BCUT2D eigenvalue weighted by Gasteiger charge is -2.33. The van der Waals surface area contributed by atoms with Gasteiger partial charge in [0.05, 0.1) is 5.56 Å². The fourth-order valence-electron chi connectivity index (χ4n) is 2.65. The average molecular weight is 301 g/mol. The number of anilines is 1. The molecule has 1 aromatic heterocycles. The zero-order valence-electron chi connectivity index (χ0n) is 12.3. The average Bonchev–Trinajstić information content (AvgIpc) is 2.45. The zero-order valence-corrected chi connectivity index (χ0v) is 12.3. The molecule has 1 atom stereocenters. The molecule has 3 nitrogen and oxygen atoms in total. The fourth-order valence-corrected chi connectivity index (χ4v) is 2.65. The van der Waals surface area contributed by atoms with E-state index in [0.717, 1.165) is 38.3 Å². The predicted octanol–water partition coefficient (Wildman–Crippen LogP) is 3.78. The number of likely N-dealkylation sites (tertiary alicyclic amines) is 1. The number of pyridine rings is 1. The van der Waals surface area contributed by atoms with Crippen molar-refractivity contribution in [3.63, 3.8) is 0 Å². The minimum Gasteiger partial charge on any atom is -0.370 e. The summed E-state index contributed by atoms with van der Waals surface area (Å²) in [6, 6.07) is 3.08. The molecule has 6 heteroatoms. The normalized spacial score (nSPS) is 20.5. The molecule has 2 rings (SSSR count). The van der Waals surface area contributed by atoms with Gasteiger partial charge in [-0.2, -0.15) is 13.2 Å². The van der Waals surface area contributed by atoms with Crippen LogP contribution in [0.1, 0.15) is 38.2 Å². The third-order valence-electron chi connectivity index (χ3n) is 3.96. The number of rotatable bonds is 5. The molecule has 0 bridgehead atoms. The molecule has 2 heterocycles. The molecule has 1 aliphatic heterocycles. The molecular weight excluding hydrogens is 279 g/mol. The van der Waals surface area contributed by atoms with Crippen molar-refractivity contribution in [3.8, 4) is 0 Å². The lowest BCUT2D eigenvalue weighted by molar-refractivity contribution is -0.137. The maximum Gasteiger partial charge on any atom is 0.417 e. The molecule has 0 spiro atoms. The first-order chi connectivity index (χ1) is 9.97. The van der Waals surface area contributed by atoms with Gasteiger partial charge in [-0.05, 0) is 44.9 Å². The van der Waals surface area contributed by atoms with E-state index in [1.165, 1.54) is 25.3 Å². The van der Waals surface area contributed by atoms with Crippen LogP contribution in [0.5, 0.6) is 0 Å². The van der Waals surface area contributed by atoms with Crippen LogP contribution >= 0.6 is 0 Å². The summed E-state index contributed by atoms with van der Waals surface area (Å²) in [5.74, 6) is 0.495.